The molecule has 6 nitrogen and oxygen atoms in total. The van der Waals surface area contributed by atoms with Crippen molar-refractivity contribution in [1.29, 1.82) is 0 Å². The van der Waals surface area contributed by atoms with Gasteiger partial charge in [0.25, 0.3) is 0 Å². The summed E-state index contributed by atoms with van der Waals surface area (Å²) in [5.41, 5.74) is 21.8. The van der Waals surface area contributed by atoms with Crippen LogP contribution in [0.4, 0.5) is 0 Å². The van der Waals surface area contributed by atoms with Gasteiger partial charge in [0.15, 0.2) is 5.82 Å². The Balaban J connectivity index is 0.864. The summed E-state index contributed by atoms with van der Waals surface area (Å²) in [5.74, 6) is 0.648. The molecule has 0 aliphatic rings. The van der Waals surface area contributed by atoms with Gasteiger partial charge >= 0.3 is 0 Å². The maximum absolute atomic E-state index is 5.66. The van der Waals surface area contributed by atoms with E-state index < -0.39 is 0 Å². The zero-order valence-electron chi connectivity index (χ0n) is 48.7. The molecule has 6 heteroatoms. The first-order valence-corrected chi connectivity index (χ1v) is 30.8. The number of aromatic nitrogens is 6. The fourth-order valence-corrected chi connectivity index (χ4v) is 14.7. The van der Waals surface area contributed by atoms with Crippen molar-refractivity contribution in [2.24, 2.45) is 0 Å². The van der Waals surface area contributed by atoms with Gasteiger partial charge in [-0.2, -0.15) is 0 Å². The third kappa shape index (κ3) is 7.65. The topological polar surface area (TPSA) is 45.5 Å². The van der Waals surface area contributed by atoms with Crippen LogP contribution in [0.5, 0.6) is 0 Å². The predicted octanol–water partition coefficient (Wildman–Crippen LogP) is 21.8. The molecule has 418 valence electrons. The van der Waals surface area contributed by atoms with E-state index in [9.17, 15) is 0 Å². The first kappa shape index (κ1) is 50.1. The molecule has 5 heterocycles. The normalized spacial score (nSPS) is 12.0. The van der Waals surface area contributed by atoms with Crippen molar-refractivity contribution in [3.8, 4) is 67.6 Å². The van der Waals surface area contributed by atoms with Crippen LogP contribution >= 0.6 is 0 Å². The highest BCUT2D eigenvalue weighted by atomic mass is 15.0. The molecule has 0 amide bonds. The van der Waals surface area contributed by atoms with Gasteiger partial charge in [-0.15, -0.1) is 0 Å². The molecular weight excluding hydrogens is 1090 g/mol. The molecule has 14 aromatic carbocycles. The molecule has 19 rings (SSSR count). The molecule has 0 N–H and O–H groups in total. The predicted molar refractivity (Wildman–Crippen MR) is 376 cm³/mol. The average molecular weight is 1150 g/mol. The number of rotatable bonds is 8. The van der Waals surface area contributed by atoms with Crippen LogP contribution in [0, 0.1) is 0 Å². The second-order valence-electron chi connectivity index (χ2n) is 23.7. The summed E-state index contributed by atoms with van der Waals surface area (Å²) in [7, 11) is 0. The zero-order chi connectivity index (χ0) is 59.0. The third-order valence-electron chi connectivity index (χ3n) is 18.7. The van der Waals surface area contributed by atoms with E-state index in [2.05, 4.69) is 334 Å². The van der Waals surface area contributed by atoms with Gasteiger partial charge in [0.05, 0.1) is 55.3 Å². The molecule has 19 aromatic rings. The highest BCUT2D eigenvalue weighted by Crippen LogP contribution is 2.44. The summed E-state index contributed by atoms with van der Waals surface area (Å²) < 4.78 is 9.70. The summed E-state index contributed by atoms with van der Waals surface area (Å²) in [6, 6.07) is 115. The van der Waals surface area contributed by atoms with E-state index in [1.807, 2.05) is 0 Å². The largest absolute Gasteiger partial charge is 0.309 e. The molecule has 0 saturated carbocycles. The molecule has 5 aromatic heterocycles. The lowest BCUT2D eigenvalue weighted by molar-refractivity contribution is 1.13. The van der Waals surface area contributed by atoms with Crippen molar-refractivity contribution in [2.75, 3.05) is 0 Å². The van der Waals surface area contributed by atoms with E-state index in [4.69, 9.17) is 9.97 Å². The van der Waals surface area contributed by atoms with Crippen molar-refractivity contribution in [2.45, 2.75) is 0 Å². The van der Waals surface area contributed by atoms with Crippen LogP contribution in [0.1, 0.15) is 0 Å². The van der Waals surface area contributed by atoms with Crippen LogP contribution in [-0.2, 0) is 0 Å². The molecule has 0 spiro atoms. The summed E-state index contributed by atoms with van der Waals surface area (Å²) in [6.07, 6.45) is 0. The first-order valence-electron chi connectivity index (χ1n) is 30.8. The van der Waals surface area contributed by atoms with E-state index in [1.54, 1.807) is 0 Å². The monoisotopic (exact) mass is 1140 g/mol. The van der Waals surface area contributed by atoms with Crippen LogP contribution in [0.25, 0.3) is 177 Å². The minimum atomic E-state index is 0.648. The van der Waals surface area contributed by atoms with Crippen molar-refractivity contribution in [3.63, 3.8) is 0 Å². The minimum absolute atomic E-state index is 0.648. The van der Waals surface area contributed by atoms with Crippen LogP contribution < -0.4 is 0 Å². The number of fused-ring (bicyclic) bond motifs is 15. The third-order valence-corrected chi connectivity index (χ3v) is 18.7. The average Bonchev–Trinajstić information content (AvgIpc) is 1.56. The Morgan fingerprint density at radius 3 is 1.06 bits per heavy atom. The van der Waals surface area contributed by atoms with Crippen LogP contribution in [0.3, 0.4) is 0 Å². The quantitative estimate of drug-likeness (QED) is 0.142. The van der Waals surface area contributed by atoms with Gasteiger partial charge in [0.2, 0.25) is 0 Å². The molecule has 0 aliphatic heterocycles. The van der Waals surface area contributed by atoms with Gasteiger partial charge in [-0.3, -0.25) is 0 Å². The molecule has 0 bridgehead atoms. The number of hydrogen-bond acceptors (Lipinski definition) is 2. The molecule has 0 aliphatic carbocycles. The zero-order valence-corrected chi connectivity index (χ0v) is 48.7. The summed E-state index contributed by atoms with van der Waals surface area (Å²) >= 11 is 0. The van der Waals surface area contributed by atoms with Gasteiger partial charge in [0, 0.05) is 87.7 Å². The van der Waals surface area contributed by atoms with E-state index in [-0.39, 0.29) is 0 Å². The Morgan fingerprint density at radius 2 is 0.556 bits per heavy atom. The summed E-state index contributed by atoms with van der Waals surface area (Å²) in [4.78, 5) is 11.3. The molecule has 0 atom stereocenters. The van der Waals surface area contributed by atoms with Crippen LogP contribution in [0.2, 0.25) is 0 Å². The molecule has 0 radical (unpaired) electrons. The van der Waals surface area contributed by atoms with Crippen LogP contribution in [-0.4, -0.2) is 28.2 Å². The minimum Gasteiger partial charge on any atom is -0.309 e. The maximum atomic E-state index is 5.66. The van der Waals surface area contributed by atoms with Gasteiger partial charge in [-0.1, -0.05) is 206 Å². The molecular formula is C84H52N6. The maximum Gasteiger partial charge on any atom is 0.160 e. The van der Waals surface area contributed by atoms with Gasteiger partial charge < -0.3 is 18.3 Å². The number of hydrogen-bond donors (Lipinski definition) is 0. The lowest BCUT2D eigenvalue weighted by Gasteiger charge is -2.17. The standard InChI is InChI=1S/C84H52N6/c1-4-21-54(22-5-1)82-71-43-36-53-20-10-11-27-64(53)83(71)86-84(85-82)59-46-62(89-74-32-16-12-28-65(74)69-41-37-57(50-80(69)89)55-39-44-78-72(48-55)67-30-14-18-34-76(67)87(78)60-23-6-2-7-24-60)52-63(47-59)90-75-33-17-13-29-66(75)70-42-38-58(51-81(70)90)56-40-45-79-73(49-56)68-31-15-19-35-77(68)88(79)61-25-8-3-9-26-61/h1-52H. The van der Waals surface area contributed by atoms with Gasteiger partial charge in [-0.25, -0.2) is 9.97 Å². The highest BCUT2D eigenvalue weighted by Gasteiger charge is 2.23. The molecule has 0 saturated heterocycles. The van der Waals surface area contributed by atoms with E-state index in [0.717, 1.165) is 106 Å². The fourth-order valence-electron chi connectivity index (χ4n) is 14.7. The van der Waals surface area contributed by atoms with Crippen molar-refractivity contribution >= 4 is 109 Å². The van der Waals surface area contributed by atoms with Gasteiger partial charge in [-0.05, 0) is 137 Å². The second kappa shape index (κ2) is 19.7. The summed E-state index contributed by atoms with van der Waals surface area (Å²) in [5, 5.41) is 12.8. The van der Waals surface area contributed by atoms with Crippen molar-refractivity contribution in [3.05, 3.63) is 315 Å². The highest BCUT2D eigenvalue weighted by molar-refractivity contribution is 6.16. The molecule has 0 unspecified atom stereocenters. The SMILES string of the molecule is c1ccc(-c2nc(-c3cc(-n4c5ccccc5c5ccc(-c6ccc7c(c6)c6ccccc6n7-c6ccccc6)cc54)cc(-n4c5ccccc5c5ccc(-c6ccc7c(c6)c6ccccc6n7-c6ccccc6)cc54)c3)nc3c2ccc2ccccc23)cc1. The first-order chi connectivity index (χ1) is 44.6. The lowest BCUT2D eigenvalue weighted by Crippen LogP contribution is -2.02. The van der Waals surface area contributed by atoms with E-state index in [0.29, 0.717) is 5.82 Å². The van der Waals surface area contributed by atoms with E-state index in [1.165, 1.54) is 65.2 Å². The lowest BCUT2D eigenvalue weighted by atomic mass is 10.0. The number of benzene rings is 14. The second-order valence-corrected chi connectivity index (χ2v) is 23.7. The van der Waals surface area contributed by atoms with Crippen LogP contribution in [0.15, 0.2) is 315 Å². The van der Waals surface area contributed by atoms with E-state index >= 15 is 0 Å². The molecule has 90 heavy (non-hydrogen) atoms. The smallest absolute Gasteiger partial charge is 0.160 e. The summed E-state index contributed by atoms with van der Waals surface area (Å²) in [6.45, 7) is 0. The Bertz CT molecular complexity index is 5850. The number of para-hydroxylation sites is 6. The Kier molecular flexibility index (Phi) is 11.0. The Labute approximate surface area is 517 Å². The van der Waals surface area contributed by atoms with Crippen molar-refractivity contribution in [1.82, 2.24) is 28.2 Å². The van der Waals surface area contributed by atoms with Gasteiger partial charge in [0.1, 0.15) is 0 Å². The molecule has 0 fully saturated rings. The fraction of sp³-hybridized carbons (Fsp3) is 0. The Hall–Kier alpha value is -12.1. The number of nitrogens with zero attached hydrogens (tertiary/aromatic N) is 6. The Morgan fingerprint density at radius 1 is 0.189 bits per heavy atom. The van der Waals surface area contributed by atoms with Crippen molar-refractivity contribution < 1.29 is 0 Å².